The van der Waals surface area contributed by atoms with E-state index in [1.165, 1.54) is 6.07 Å². The summed E-state index contributed by atoms with van der Waals surface area (Å²) in [4.78, 5) is -0.118. The van der Waals surface area contributed by atoms with Gasteiger partial charge in [-0.15, -0.1) is 0 Å². The highest BCUT2D eigenvalue weighted by molar-refractivity contribution is 8.13. The third-order valence-corrected chi connectivity index (χ3v) is 5.01. The summed E-state index contributed by atoms with van der Waals surface area (Å²) in [6, 6.07) is 13.6. The van der Waals surface area contributed by atoms with E-state index in [1.54, 1.807) is 12.1 Å². The van der Waals surface area contributed by atoms with Crippen LogP contribution in [0.25, 0.3) is 0 Å². The van der Waals surface area contributed by atoms with Gasteiger partial charge in [0.05, 0.1) is 18.1 Å². The summed E-state index contributed by atoms with van der Waals surface area (Å²) in [6.45, 7) is 0.693. The van der Waals surface area contributed by atoms with Crippen molar-refractivity contribution in [2.45, 2.75) is 10.7 Å². The molecule has 1 aliphatic rings. The second-order valence-corrected chi connectivity index (χ2v) is 7.73. The third kappa shape index (κ3) is 2.75. The molecule has 1 fully saturated rings. The number of ether oxygens (including phenoxy) is 2. The molecule has 2 aromatic carbocycles. The highest BCUT2D eigenvalue weighted by Gasteiger charge is 2.43. The van der Waals surface area contributed by atoms with Crippen LogP contribution in [-0.4, -0.2) is 21.6 Å². The lowest BCUT2D eigenvalue weighted by atomic mass is 9.97. The van der Waals surface area contributed by atoms with E-state index >= 15 is 0 Å². The van der Waals surface area contributed by atoms with Crippen LogP contribution in [0.15, 0.2) is 53.4 Å². The molecular weight excluding hydrogens is 347 g/mol. The largest absolute Gasteiger partial charge is 0.340 e. The zero-order chi connectivity index (χ0) is 15.8. The summed E-state index contributed by atoms with van der Waals surface area (Å²) in [6.07, 6.45) is 0. The van der Waals surface area contributed by atoms with Gasteiger partial charge in [-0.1, -0.05) is 48.0 Å². The number of hydrogen-bond donors (Lipinski definition) is 0. The van der Waals surface area contributed by atoms with Crippen LogP contribution in [-0.2, 0) is 24.3 Å². The van der Waals surface area contributed by atoms with Crippen molar-refractivity contribution in [2.24, 2.45) is 0 Å². The van der Waals surface area contributed by atoms with Crippen LogP contribution >= 0.6 is 22.3 Å². The van der Waals surface area contributed by atoms with Crippen LogP contribution in [0.2, 0.25) is 5.02 Å². The Balaban J connectivity index is 2.28. The molecule has 0 aromatic heterocycles. The first-order valence-electron chi connectivity index (χ1n) is 6.52. The minimum Gasteiger partial charge on any atom is -0.340 e. The number of benzene rings is 2. The van der Waals surface area contributed by atoms with E-state index in [-0.39, 0.29) is 9.92 Å². The lowest BCUT2D eigenvalue weighted by molar-refractivity contribution is -0.131. The van der Waals surface area contributed by atoms with Gasteiger partial charge in [-0.05, 0) is 12.1 Å². The Morgan fingerprint density at radius 3 is 2.23 bits per heavy atom. The summed E-state index contributed by atoms with van der Waals surface area (Å²) in [5.74, 6) is -1.30. The zero-order valence-corrected chi connectivity index (χ0v) is 13.7. The molecule has 0 spiro atoms. The fourth-order valence-corrected chi connectivity index (χ4v) is 3.87. The Kier molecular flexibility index (Phi) is 4.18. The van der Waals surface area contributed by atoms with Gasteiger partial charge in [0.2, 0.25) is 5.79 Å². The SMILES string of the molecule is O=S(=O)(Cl)c1cc(Cl)ccc1C1(c2ccccc2)OCCO1. The van der Waals surface area contributed by atoms with Crippen LogP contribution in [0, 0.1) is 0 Å². The fraction of sp³-hybridized carbons (Fsp3) is 0.200. The molecular formula is C15H12Cl2O4S. The maximum Gasteiger partial charge on any atom is 0.261 e. The molecule has 116 valence electrons. The van der Waals surface area contributed by atoms with Crippen molar-refractivity contribution < 1.29 is 17.9 Å². The Hall–Kier alpha value is -1.11. The van der Waals surface area contributed by atoms with Crippen molar-refractivity contribution in [1.82, 2.24) is 0 Å². The van der Waals surface area contributed by atoms with E-state index in [4.69, 9.17) is 31.8 Å². The molecule has 0 radical (unpaired) electrons. The highest BCUT2D eigenvalue weighted by atomic mass is 35.7. The summed E-state index contributed by atoms with van der Waals surface area (Å²) in [5.41, 5.74) is 1.01. The maximum atomic E-state index is 11.9. The molecule has 0 aliphatic carbocycles. The topological polar surface area (TPSA) is 52.6 Å². The van der Waals surface area contributed by atoms with Gasteiger partial charge >= 0.3 is 0 Å². The van der Waals surface area contributed by atoms with Crippen LogP contribution in [0.5, 0.6) is 0 Å². The predicted octanol–water partition coefficient (Wildman–Crippen LogP) is 3.52. The molecule has 1 saturated heterocycles. The summed E-state index contributed by atoms with van der Waals surface area (Å²) in [5, 5.41) is 0.268. The van der Waals surface area contributed by atoms with E-state index < -0.39 is 14.8 Å². The average molecular weight is 359 g/mol. The van der Waals surface area contributed by atoms with Gasteiger partial charge in [-0.3, -0.25) is 0 Å². The first-order valence-corrected chi connectivity index (χ1v) is 9.20. The van der Waals surface area contributed by atoms with Crippen molar-refractivity contribution in [3.05, 3.63) is 64.7 Å². The maximum absolute atomic E-state index is 11.9. The lowest BCUT2D eigenvalue weighted by Gasteiger charge is -2.29. The molecule has 3 rings (SSSR count). The second kappa shape index (κ2) is 5.83. The monoisotopic (exact) mass is 358 g/mol. The number of hydrogen-bond acceptors (Lipinski definition) is 4. The van der Waals surface area contributed by atoms with Gasteiger partial charge in [0.25, 0.3) is 9.05 Å². The molecule has 7 heteroatoms. The zero-order valence-electron chi connectivity index (χ0n) is 11.3. The van der Waals surface area contributed by atoms with E-state index in [9.17, 15) is 8.42 Å². The smallest absolute Gasteiger partial charge is 0.261 e. The molecule has 4 nitrogen and oxygen atoms in total. The van der Waals surface area contributed by atoms with Crippen molar-refractivity contribution in [3.8, 4) is 0 Å². The van der Waals surface area contributed by atoms with Crippen molar-refractivity contribution in [1.29, 1.82) is 0 Å². The van der Waals surface area contributed by atoms with Crippen LogP contribution < -0.4 is 0 Å². The van der Waals surface area contributed by atoms with Gasteiger partial charge in [0.1, 0.15) is 0 Å². The fourth-order valence-electron chi connectivity index (χ4n) is 2.52. The van der Waals surface area contributed by atoms with Gasteiger partial charge < -0.3 is 9.47 Å². The van der Waals surface area contributed by atoms with Gasteiger partial charge in [0, 0.05) is 26.8 Å². The predicted molar refractivity (Wildman–Crippen MR) is 83.6 cm³/mol. The average Bonchev–Trinajstić information content (AvgIpc) is 2.98. The van der Waals surface area contributed by atoms with Gasteiger partial charge in [-0.2, -0.15) is 0 Å². The van der Waals surface area contributed by atoms with E-state index in [2.05, 4.69) is 0 Å². The quantitative estimate of drug-likeness (QED) is 0.787. The van der Waals surface area contributed by atoms with Gasteiger partial charge in [-0.25, -0.2) is 8.42 Å². The minimum absolute atomic E-state index is 0.118. The minimum atomic E-state index is -4.01. The normalized spacial score (nSPS) is 17.5. The van der Waals surface area contributed by atoms with Crippen LogP contribution in [0.4, 0.5) is 0 Å². The Morgan fingerprint density at radius 2 is 1.64 bits per heavy atom. The molecule has 2 aromatic rings. The Morgan fingerprint density at radius 1 is 1.00 bits per heavy atom. The van der Waals surface area contributed by atoms with E-state index in [0.717, 1.165) is 0 Å². The second-order valence-electron chi connectivity index (χ2n) is 4.76. The first-order chi connectivity index (χ1) is 10.4. The summed E-state index contributed by atoms with van der Waals surface area (Å²) < 4.78 is 35.5. The van der Waals surface area contributed by atoms with E-state index in [0.29, 0.717) is 24.3 Å². The molecule has 0 amide bonds. The summed E-state index contributed by atoms with van der Waals surface area (Å²) >= 11 is 5.92. The van der Waals surface area contributed by atoms with Crippen molar-refractivity contribution in [3.63, 3.8) is 0 Å². The van der Waals surface area contributed by atoms with Crippen LogP contribution in [0.1, 0.15) is 11.1 Å². The molecule has 1 heterocycles. The molecule has 0 saturated carbocycles. The Bertz CT molecular complexity index is 784. The van der Waals surface area contributed by atoms with Gasteiger partial charge in [0.15, 0.2) is 0 Å². The Labute approximate surface area is 138 Å². The van der Waals surface area contributed by atoms with Crippen LogP contribution in [0.3, 0.4) is 0 Å². The lowest BCUT2D eigenvalue weighted by Crippen LogP contribution is -2.30. The number of rotatable bonds is 3. The van der Waals surface area contributed by atoms with E-state index in [1.807, 2.05) is 30.3 Å². The molecule has 0 bridgehead atoms. The van der Waals surface area contributed by atoms with Crippen molar-refractivity contribution in [2.75, 3.05) is 13.2 Å². The number of halogens is 2. The molecule has 0 N–H and O–H groups in total. The molecule has 22 heavy (non-hydrogen) atoms. The standard InChI is InChI=1S/C15H12Cl2O4S/c16-12-6-7-13(14(10-12)22(17,18)19)15(20-8-9-21-15)11-4-2-1-3-5-11/h1-7,10H,8-9H2. The van der Waals surface area contributed by atoms with Crippen molar-refractivity contribution >= 4 is 31.3 Å². The molecule has 1 aliphatic heterocycles. The first kappa shape index (κ1) is 15.8. The molecule has 0 atom stereocenters. The molecule has 0 unspecified atom stereocenters. The summed E-state index contributed by atoms with van der Waals surface area (Å²) in [7, 11) is 1.55. The third-order valence-electron chi connectivity index (χ3n) is 3.41. The highest BCUT2D eigenvalue weighted by Crippen LogP contribution is 2.42.